The van der Waals surface area contributed by atoms with E-state index in [0.717, 1.165) is 21.8 Å². The fourth-order valence-corrected chi connectivity index (χ4v) is 3.45. The van der Waals surface area contributed by atoms with E-state index in [1.807, 2.05) is 48.5 Å². The second-order valence-electron chi connectivity index (χ2n) is 7.11. The number of amides is 2. The van der Waals surface area contributed by atoms with Crippen LogP contribution in [0.15, 0.2) is 66.7 Å². The molecule has 0 fully saturated rings. The van der Waals surface area contributed by atoms with Gasteiger partial charge in [-0.15, -0.1) is 0 Å². The summed E-state index contributed by atoms with van der Waals surface area (Å²) in [6.07, 6.45) is -0.0128. The third-order valence-corrected chi connectivity index (χ3v) is 4.96. The van der Waals surface area contributed by atoms with Gasteiger partial charge in [0.15, 0.2) is 0 Å². The molecule has 9 heteroatoms. The average Bonchev–Trinajstić information content (AvgIpc) is 2.78. The van der Waals surface area contributed by atoms with Crippen LogP contribution in [0.25, 0.3) is 21.8 Å². The first-order chi connectivity index (χ1) is 15.4. The third kappa shape index (κ3) is 4.17. The molecule has 4 aromatic rings. The number of nitro benzene ring substituents is 1. The highest BCUT2D eigenvalue weighted by Gasteiger charge is 2.18. The number of nitrogens with zero attached hydrogens (tertiary/aromatic N) is 2. The van der Waals surface area contributed by atoms with Gasteiger partial charge in [0, 0.05) is 35.9 Å². The van der Waals surface area contributed by atoms with Gasteiger partial charge >= 0.3 is 0 Å². The molecule has 160 valence electrons. The largest absolute Gasteiger partial charge is 0.370 e. The van der Waals surface area contributed by atoms with Crippen molar-refractivity contribution in [2.24, 2.45) is 5.73 Å². The summed E-state index contributed by atoms with van der Waals surface area (Å²) in [5.74, 6) is -1.02. The third-order valence-electron chi connectivity index (χ3n) is 4.96. The molecule has 0 atom stereocenters. The predicted molar refractivity (Wildman–Crippen MR) is 122 cm³/mol. The Morgan fingerprint density at radius 2 is 1.59 bits per heavy atom. The average molecular weight is 429 g/mol. The first-order valence-electron chi connectivity index (χ1n) is 9.83. The van der Waals surface area contributed by atoms with E-state index in [0.29, 0.717) is 5.69 Å². The molecule has 4 rings (SSSR count). The highest BCUT2D eigenvalue weighted by molar-refractivity contribution is 6.10. The molecule has 2 amide bonds. The monoisotopic (exact) mass is 429 g/mol. The number of carbonyl (C=O) groups is 2. The van der Waals surface area contributed by atoms with Crippen molar-refractivity contribution >= 4 is 50.7 Å². The van der Waals surface area contributed by atoms with Crippen molar-refractivity contribution in [2.75, 3.05) is 11.9 Å². The number of fused-ring (bicyclic) bond motifs is 2. The van der Waals surface area contributed by atoms with Crippen LogP contribution in [0, 0.1) is 10.1 Å². The van der Waals surface area contributed by atoms with Crippen molar-refractivity contribution < 1.29 is 14.5 Å². The number of primary amides is 1. The molecule has 9 nitrogen and oxygen atoms in total. The number of nitrogens with one attached hydrogen (secondary N) is 2. The summed E-state index contributed by atoms with van der Waals surface area (Å²) in [6.45, 7) is 0.0612. The highest BCUT2D eigenvalue weighted by atomic mass is 16.6. The summed E-state index contributed by atoms with van der Waals surface area (Å²) in [4.78, 5) is 39.3. The Balaban J connectivity index is 1.83. The molecule has 1 heterocycles. The number of nitro groups is 1. The molecule has 0 spiro atoms. The molecule has 1 aromatic heterocycles. The van der Waals surface area contributed by atoms with Crippen molar-refractivity contribution in [3.63, 3.8) is 0 Å². The van der Waals surface area contributed by atoms with Crippen molar-refractivity contribution in [2.45, 2.75) is 6.42 Å². The van der Waals surface area contributed by atoms with E-state index in [-0.39, 0.29) is 29.9 Å². The van der Waals surface area contributed by atoms with E-state index in [4.69, 9.17) is 5.73 Å². The van der Waals surface area contributed by atoms with Gasteiger partial charge in [-0.1, -0.05) is 36.4 Å². The maximum atomic E-state index is 12.8. The molecule has 0 saturated carbocycles. The fourth-order valence-electron chi connectivity index (χ4n) is 3.45. The molecule has 3 aromatic carbocycles. The lowest BCUT2D eigenvalue weighted by Crippen LogP contribution is -2.28. The van der Waals surface area contributed by atoms with Crippen LogP contribution >= 0.6 is 0 Å². The van der Waals surface area contributed by atoms with Gasteiger partial charge in [-0.05, 0) is 18.2 Å². The van der Waals surface area contributed by atoms with Crippen LogP contribution in [0.1, 0.15) is 16.8 Å². The van der Waals surface area contributed by atoms with Crippen LogP contribution in [0.4, 0.5) is 17.1 Å². The number of hydrogen-bond donors (Lipinski definition) is 3. The van der Waals surface area contributed by atoms with Crippen LogP contribution in [-0.4, -0.2) is 28.3 Å². The van der Waals surface area contributed by atoms with Crippen molar-refractivity contribution in [1.82, 2.24) is 10.3 Å². The molecule has 0 aliphatic carbocycles. The van der Waals surface area contributed by atoms with E-state index in [9.17, 15) is 19.7 Å². The number of hydrogen-bond acceptors (Lipinski definition) is 6. The number of carbonyl (C=O) groups excluding carboxylic acids is 2. The molecule has 0 radical (unpaired) electrons. The van der Waals surface area contributed by atoms with E-state index in [1.54, 1.807) is 0 Å². The Kier molecular flexibility index (Phi) is 5.63. The molecule has 4 N–H and O–H groups in total. The number of benzene rings is 3. The zero-order valence-corrected chi connectivity index (χ0v) is 16.9. The fraction of sp³-hybridized carbons (Fsp3) is 0.0870. The summed E-state index contributed by atoms with van der Waals surface area (Å²) in [7, 11) is 0. The first-order valence-corrected chi connectivity index (χ1v) is 9.83. The van der Waals surface area contributed by atoms with Crippen LogP contribution in [0.5, 0.6) is 0 Å². The van der Waals surface area contributed by atoms with Gasteiger partial charge < -0.3 is 16.4 Å². The molecule has 0 aliphatic heterocycles. The van der Waals surface area contributed by atoms with Crippen LogP contribution < -0.4 is 16.4 Å². The molecule has 32 heavy (non-hydrogen) atoms. The van der Waals surface area contributed by atoms with E-state index in [1.165, 1.54) is 18.2 Å². The van der Waals surface area contributed by atoms with Gasteiger partial charge in [-0.25, -0.2) is 4.98 Å². The smallest absolute Gasteiger partial charge is 0.271 e. The Labute approximate surface area is 182 Å². The SMILES string of the molecule is NC(=O)CCNC(=O)c1ccc([N+](=O)[O-])cc1Nc1c2ccccc2nc2ccccc12. The topological polar surface area (TPSA) is 140 Å². The minimum absolute atomic E-state index is 0.0128. The maximum absolute atomic E-state index is 12.8. The number of non-ortho nitro benzene ring substituents is 1. The second-order valence-corrected chi connectivity index (χ2v) is 7.11. The zero-order chi connectivity index (χ0) is 22.7. The van der Waals surface area contributed by atoms with Crippen LogP contribution in [-0.2, 0) is 4.79 Å². The number of nitrogens with two attached hydrogens (primary N) is 1. The summed E-state index contributed by atoms with van der Waals surface area (Å²) in [5, 5.41) is 18.8. The lowest BCUT2D eigenvalue weighted by Gasteiger charge is -2.16. The second kappa shape index (κ2) is 8.68. The lowest BCUT2D eigenvalue weighted by molar-refractivity contribution is -0.384. The predicted octanol–water partition coefficient (Wildman–Crippen LogP) is 3.65. The first kappa shape index (κ1) is 20.7. The summed E-state index contributed by atoms with van der Waals surface area (Å²) >= 11 is 0. The lowest BCUT2D eigenvalue weighted by atomic mass is 10.1. The molecule has 0 bridgehead atoms. The van der Waals surface area contributed by atoms with Crippen molar-refractivity contribution in [3.05, 3.63) is 82.4 Å². The van der Waals surface area contributed by atoms with Crippen LogP contribution in [0.2, 0.25) is 0 Å². The minimum atomic E-state index is -0.540. The van der Waals surface area contributed by atoms with Gasteiger partial charge in [0.05, 0.1) is 32.9 Å². The number of aromatic nitrogens is 1. The standard InChI is InChI=1S/C23H19N5O4/c24-21(29)11-12-25-23(30)17-10-9-14(28(31)32)13-20(17)27-22-15-5-1-3-7-18(15)26-19-8-4-2-6-16(19)22/h1-10,13H,11-12H2,(H2,24,29)(H,25,30)(H,26,27). The number of pyridine rings is 1. The maximum Gasteiger partial charge on any atom is 0.271 e. The molecular formula is C23H19N5O4. The zero-order valence-electron chi connectivity index (χ0n) is 16.9. The normalized spacial score (nSPS) is 10.8. The number of rotatable bonds is 7. The van der Waals surface area contributed by atoms with Gasteiger partial charge in [-0.3, -0.25) is 19.7 Å². The Hall–Kier alpha value is -4.53. The van der Waals surface area contributed by atoms with Crippen molar-refractivity contribution in [1.29, 1.82) is 0 Å². The summed E-state index contributed by atoms with van der Waals surface area (Å²) in [5.41, 5.74) is 7.59. The van der Waals surface area contributed by atoms with E-state index in [2.05, 4.69) is 15.6 Å². The van der Waals surface area contributed by atoms with Gasteiger partial charge in [0.25, 0.3) is 11.6 Å². The van der Waals surface area contributed by atoms with E-state index < -0.39 is 16.7 Å². The van der Waals surface area contributed by atoms with Gasteiger partial charge in [0.1, 0.15) is 0 Å². The summed E-state index contributed by atoms with van der Waals surface area (Å²) < 4.78 is 0. The Bertz CT molecular complexity index is 1320. The van der Waals surface area contributed by atoms with Gasteiger partial charge in [-0.2, -0.15) is 0 Å². The minimum Gasteiger partial charge on any atom is -0.370 e. The number of para-hydroxylation sites is 2. The molecule has 0 aliphatic rings. The summed E-state index contributed by atoms with van der Waals surface area (Å²) in [6, 6.07) is 19.0. The molecule has 0 saturated heterocycles. The number of anilines is 2. The van der Waals surface area contributed by atoms with Crippen LogP contribution in [0.3, 0.4) is 0 Å². The molecule has 0 unspecified atom stereocenters. The van der Waals surface area contributed by atoms with E-state index >= 15 is 0 Å². The highest BCUT2D eigenvalue weighted by Crippen LogP contribution is 2.35. The Morgan fingerprint density at radius 3 is 2.19 bits per heavy atom. The van der Waals surface area contributed by atoms with Gasteiger partial charge in [0.2, 0.25) is 5.91 Å². The molecular weight excluding hydrogens is 410 g/mol. The Morgan fingerprint density at radius 1 is 0.969 bits per heavy atom. The van der Waals surface area contributed by atoms with Crippen molar-refractivity contribution in [3.8, 4) is 0 Å². The quantitative estimate of drug-likeness (QED) is 0.233.